The first-order chi connectivity index (χ1) is 5.29. The summed E-state index contributed by atoms with van der Waals surface area (Å²) in [5, 5.41) is 0. The van der Waals surface area contributed by atoms with Gasteiger partial charge >= 0.3 is 0 Å². The van der Waals surface area contributed by atoms with Crippen LogP contribution >= 0.6 is 12.2 Å². The number of rotatable bonds is 3. The fourth-order valence-electron chi connectivity index (χ4n) is 1.30. The number of hydrogen-bond donors (Lipinski definition) is 1. The summed E-state index contributed by atoms with van der Waals surface area (Å²) in [5.41, 5.74) is 0. The normalized spacial score (nSPS) is 10.8. The molecule has 1 N–H and O–H groups in total. The van der Waals surface area contributed by atoms with E-state index >= 15 is 0 Å². The van der Waals surface area contributed by atoms with Crippen LogP contribution in [0.5, 0.6) is 0 Å². The molecule has 0 atom stereocenters. The van der Waals surface area contributed by atoms with Crippen LogP contribution in [0.4, 0.5) is 0 Å². The van der Waals surface area contributed by atoms with Crippen molar-refractivity contribution < 1.29 is 0 Å². The first-order valence-corrected chi connectivity index (χ1v) is 4.46. The molecule has 3 heteroatoms. The van der Waals surface area contributed by atoms with Gasteiger partial charge in [-0.3, -0.25) is 0 Å². The number of hydrogen-bond acceptors (Lipinski definition) is 1. The number of imidazole rings is 1. The van der Waals surface area contributed by atoms with Crippen molar-refractivity contribution in [2.45, 2.75) is 32.7 Å². The molecule has 1 aromatic rings. The van der Waals surface area contributed by atoms with Gasteiger partial charge in [-0.1, -0.05) is 13.8 Å². The van der Waals surface area contributed by atoms with Crippen molar-refractivity contribution in [3.8, 4) is 0 Å². The van der Waals surface area contributed by atoms with Gasteiger partial charge in [-0.15, -0.1) is 0 Å². The lowest BCUT2D eigenvalue weighted by Crippen LogP contribution is -2.05. The van der Waals surface area contributed by atoms with Crippen molar-refractivity contribution in [3.63, 3.8) is 0 Å². The maximum Gasteiger partial charge on any atom is 0.177 e. The van der Waals surface area contributed by atoms with E-state index < -0.39 is 0 Å². The van der Waals surface area contributed by atoms with E-state index in [2.05, 4.69) is 23.4 Å². The predicted octanol–water partition coefficient (Wildman–Crippen LogP) is 2.91. The molecule has 0 amide bonds. The fraction of sp³-hybridized carbons (Fsp3) is 0.625. The van der Waals surface area contributed by atoms with Gasteiger partial charge in [0.2, 0.25) is 0 Å². The Balaban J connectivity index is 2.90. The van der Waals surface area contributed by atoms with Gasteiger partial charge in [0.1, 0.15) is 0 Å². The van der Waals surface area contributed by atoms with Crippen LogP contribution in [-0.4, -0.2) is 9.55 Å². The quantitative estimate of drug-likeness (QED) is 0.692. The first-order valence-electron chi connectivity index (χ1n) is 4.05. The Morgan fingerprint density at radius 2 is 2.18 bits per heavy atom. The Hall–Kier alpha value is -0.570. The smallest absolute Gasteiger partial charge is 0.177 e. The molecular formula is C8H14N2S. The van der Waals surface area contributed by atoms with E-state index in [4.69, 9.17) is 12.2 Å². The number of H-pyrrole nitrogens is 1. The van der Waals surface area contributed by atoms with Crippen molar-refractivity contribution in [1.29, 1.82) is 0 Å². The minimum absolute atomic E-state index is 0.564. The molecule has 1 heterocycles. The molecule has 11 heavy (non-hydrogen) atoms. The van der Waals surface area contributed by atoms with Crippen LogP contribution in [0.3, 0.4) is 0 Å². The van der Waals surface area contributed by atoms with Gasteiger partial charge in [0.05, 0.1) is 0 Å². The largest absolute Gasteiger partial charge is 0.337 e. The van der Waals surface area contributed by atoms with Crippen LogP contribution in [0.25, 0.3) is 0 Å². The molecule has 0 radical (unpaired) electrons. The van der Waals surface area contributed by atoms with Crippen LogP contribution in [0.1, 0.15) is 32.7 Å². The molecule has 62 valence electrons. The second kappa shape index (κ2) is 3.72. The maximum atomic E-state index is 5.10. The van der Waals surface area contributed by atoms with E-state index in [0.29, 0.717) is 6.04 Å². The van der Waals surface area contributed by atoms with Crippen LogP contribution < -0.4 is 0 Å². The summed E-state index contributed by atoms with van der Waals surface area (Å²) in [6, 6.07) is 0.564. The SMILES string of the molecule is CCC(CC)n1cc[nH]c1=S. The Morgan fingerprint density at radius 1 is 1.55 bits per heavy atom. The van der Waals surface area contributed by atoms with E-state index in [1.54, 1.807) is 0 Å². The van der Waals surface area contributed by atoms with E-state index in [9.17, 15) is 0 Å². The Labute approximate surface area is 72.3 Å². The lowest BCUT2D eigenvalue weighted by atomic mass is 10.2. The molecule has 1 rings (SSSR count). The third-order valence-corrected chi connectivity index (χ3v) is 2.34. The maximum absolute atomic E-state index is 5.10. The van der Waals surface area contributed by atoms with Crippen molar-refractivity contribution in [2.24, 2.45) is 0 Å². The van der Waals surface area contributed by atoms with Crippen molar-refractivity contribution in [3.05, 3.63) is 17.2 Å². The molecule has 0 aliphatic rings. The zero-order valence-corrected chi connectivity index (χ0v) is 7.82. The standard InChI is InChI=1S/C8H14N2S/c1-3-7(4-2)10-6-5-9-8(10)11/h5-7H,3-4H2,1-2H3,(H,9,11). The molecule has 0 spiro atoms. The second-order valence-corrected chi connectivity index (χ2v) is 3.03. The average Bonchev–Trinajstić information content (AvgIpc) is 2.40. The molecule has 0 aliphatic carbocycles. The van der Waals surface area contributed by atoms with Gasteiger partial charge in [0, 0.05) is 18.4 Å². The third-order valence-electron chi connectivity index (χ3n) is 2.01. The molecule has 0 bridgehead atoms. The van der Waals surface area contributed by atoms with Crippen LogP contribution in [0, 0.1) is 4.77 Å². The third kappa shape index (κ3) is 1.71. The number of nitrogens with one attached hydrogen (secondary N) is 1. The Morgan fingerprint density at radius 3 is 2.55 bits per heavy atom. The van der Waals surface area contributed by atoms with Crippen molar-refractivity contribution >= 4 is 12.2 Å². The molecule has 0 saturated carbocycles. The highest BCUT2D eigenvalue weighted by molar-refractivity contribution is 7.71. The summed E-state index contributed by atoms with van der Waals surface area (Å²) in [6.07, 6.45) is 6.19. The summed E-state index contributed by atoms with van der Waals surface area (Å²) in [4.78, 5) is 3.00. The van der Waals surface area contributed by atoms with Gasteiger partial charge < -0.3 is 9.55 Å². The summed E-state index contributed by atoms with van der Waals surface area (Å²) < 4.78 is 2.95. The summed E-state index contributed by atoms with van der Waals surface area (Å²) in [6.45, 7) is 4.37. The lowest BCUT2D eigenvalue weighted by Gasteiger charge is -2.13. The van der Waals surface area contributed by atoms with E-state index in [1.807, 2.05) is 12.4 Å². The number of aromatic nitrogens is 2. The second-order valence-electron chi connectivity index (χ2n) is 2.64. The Bertz CT molecular complexity index is 257. The first kappa shape index (κ1) is 8.53. The molecule has 0 saturated heterocycles. The van der Waals surface area contributed by atoms with E-state index in [0.717, 1.165) is 17.6 Å². The highest BCUT2D eigenvalue weighted by atomic mass is 32.1. The fourth-order valence-corrected chi connectivity index (χ4v) is 1.58. The van der Waals surface area contributed by atoms with Crippen molar-refractivity contribution in [2.75, 3.05) is 0 Å². The molecule has 0 unspecified atom stereocenters. The minimum Gasteiger partial charge on any atom is -0.337 e. The number of aromatic amines is 1. The zero-order valence-electron chi connectivity index (χ0n) is 7.00. The van der Waals surface area contributed by atoms with Gasteiger partial charge in [-0.2, -0.15) is 0 Å². The summed E-state index contributed by atoms with van der Waals surface area (Å²) in [7, 11) is 0. The van der Waals surface area contributed by atoms with E-state index in [1.165, 1.54) is 0 Å². The molecule has 0 aromatic carbocycles. The molecule has 0 fully saturated rings. The van der Waals surface area contributed by atoms with Gasteiger partial charge in [0.25, 0.3) is 0 Å². The van der Waals surface area contributed by atoms with Crippen molar-refractivity contribution in [1.82, 2.24) is 9.55 Å². The molecule has 0 aliphatic heterocycles. The minimum atomic E-state index is 0.564. The van der Waals surface area contributed by atoms with Gasteiger partial charge in [-0.05, 0) is 25.1 Å². The van der Waals surface area contributed by atoms with Gasteiger partial charge in [0.15, 0.2) is 4.77 Å². The van der Waals surface area contributed by atoms with Crippen LogP contribution in [0.15, 0.2) is 12.4 Å². The number of nitrogens with zero attached hydrogens (tertiary/aromatic N) is 1. The molecular weight excluding hydrogens is 156 g/mol. The predicted molar refractivity (Wildman–Crippen MR) is 49.2 cm³/mol. The summed E-state index contributed by atoms with van der Waals surface area (Å²) in [5.74, 6) is 0. The zero-order chi connectivity index (χ0) is 8.27. The van der Waals surface area contributed by atoms with Crippen LogP contribution in [0.2, 0.25) is 0 Å². The summed E-state index contributed by atoms with van der Waals surface area (Å²) >= 11 is 5.10. The van der Waals surface area contributed by atoms with Gasteiger partial charge in [-0.25, -0.2) is 0 Å². The van der Waals surface area contributed by atoms with E-state index in [-0.39, 0.29) is 0 Å². The Kier molecular flexibility index (Phi) is 2.88. The topological polar surface area (TPSA) is 20.7 Å². The monoisotopic (exact) mass is 170 g/mol. The van der Waals surface area contributed by atoms with Crippen LogP contribution in [-0.2, 0) is 0 Å². The average molecular weight is 170 g/mol. The molecule has 2 nitrogen and oxygen atoms in total. The lowest BCUT2D eigenvalue weighted by molar-refractivity contribution is 0.467. The highest BCUT2D eigenvalue weighted by Gasteiger charge is 2.04. The molecule has 1 aromatic heterocycles. The highest BCUT2D eigenvalue weighted by Crippen LogP contribution is 2.14.